The standard InChI is InChI=1S/C13H22N.C2H6Si.Zn/c1-8-9(2)11(4)12(10(8)3)14-13(5,6)7;1-3-2;/h10H,1-7H3;1-2H3;/q-1;;. The number of hydrogen-bond donors (Lipinski definition) is 0. The fourth-order valence-corrected chi connectivity index (χ4v) is 1.88. The van der Waals surface area contributed by atoms with Gasteiger partial charge in [0.2, 0.25) is 0 Å². The molecule has 0 N–H and O–H groups in total. The molecule has 18 heavy (non-hydrogen) atoms. The number of hydrogen-bond acceptors (Lipinski definition) is 0. The SMILES string of the molecule is CC1=C(C)C(C)C([N-]C(C)(C)C)=C1C.C[Si](C)=[Zn]. The Labute approximate surface area is 124 Å². The zero-order valence-corrected chi connectivity index (χ0v) is 17.7. The molecule has 0 heterocycles. The van der Waals surface area contributed by atoms with Crippen LogP contribution in [-0.2, 0) is 17.1 Å². The van der Waals surface area contributed by atoms with Crippen LogP contribution in [0.4, 0.5) is 0 Å². The summed E-state index contributed by atoms with van der Waals surface area (Å²) >= 11 is 1.53. The van der Waals surface area contributed by atoms with Crippen molar-refractivity contribution in [1.29, 1.82) is 0 Å². The van der Waals surface area contributed by atoms with E-state index in [9.17, 15) is 0 Å². The Balaban J connectivity index is 0.000000631. The van der Waals surface area contributed by atoms with Crippen LogP contribution in [0.1, 0.15) is 48.5 Å². The number of nitrogens with zero attached hydrogens (tertiary/aromatic N) is 1. The molecule has 0 radical (unpaired) electrons. The van der Waals surface area contributed by atoms with Crippen molar-refractivity contribution in [3.63, 3.8) is 0 Å². The molecule has 1 nitrogen and oxygen atoms in total. The predicted octanol–water partition coefficient (Wildman–Crippen LogP) is 5.20. The third-order valence-electron chi connectivity index (χ3n) is 3.05. The molecule has 0 bridgehead atoms. The zero-order valence-electron chi connectivity index (χ0n) is 13.7. The second-order valence-corrected chi connectivity index (χ2v) is 17.8. The Bertz CT molecular complexity index is 382. The summed E-state index contributed by atoms with van der Waals surface area (Å²) in [6, 6.07) is 0. The van der Waals surface area contributed by atoms with Crippen molar-refractivity contribution in [2.24, 2.45) is 5.92 Å². The van der Waals surface area contributed by atoms with E-state index in [1.807, 2.05) is 0 Å². The van der Waals surface area contributed by atoms with Gasteiger partial charge in [-0.15, -0.1) is 5.54 Å². The van der Waals surface area contributed by atoms with Crippen LogP contribution in [0.25, 0.3) is 5.32 Å². The summed E-state index contributed by atoms with van der Waals surface area (Å²) in [5, 5.41) is 4.81. The Morgan fingerprint density at radius 3 is 1.67 bits per heavy atom. The van der Waals surface area contributed by atoms with Gasteiger partial charge in [-0.05, 0) is 26.7 Å². The summed E-state index contributed by atoms with van der Waals surface area (Å²) in [6.07, 6.45) is 0. The third kappa shape index (κ3) is 5.84. The van der Waals surface area contributed by atoms with Gasteiger partial charge in [0.15, 0.2) is 0 Å². The minimum atomic E-state index is 0.0375. The second kappa shape index (κ2) is 7.05. The van der Waals surface area contributed by atoms with Crippen molar-refractivity contribution < 1.29 is 17.1 Å². The first-order chi connectivity index (χ1) is 7.97. The molecular formula is C15H28NSiZn-. The van der Waals surface area contributed by atoms with Gasteiger partial charge in [0.25, 0.3) is 0 Å². The predicted molar refractivity (Wildman–Crippen MR) is 80.8 cm³/mol. The summed E-state index contributed by atoms with van der Waals surface area (Å²) in [5.74, 6) is 0.509. The van der Waals surface area contributed by atoms with E-state index in [-0.39, 0.29) is 12.1 Å². The van der Waals surface area contributed by atoms with Crippen molar-refractivity contribution in [1.82, 2.24) is 0 Å². The third-order valence-corrected chi connectivity index (χ3v) is 3.05. The fraction of sp³-hybridized carbons (Fsp3) is 0.733. The number of rotatable bonds is 1. The first kappa shape index (κ1) is 18.1. The molecule has 1 atom stereocenters. The molecule has 0 spiro atoms. The second-order valence-electron chi connectivity index (χ2n) is 6.53. The minimum absolute atomic E-state index is 0.0375. The van der Waals surface area contributed by atoms with Crippen LogP contribution in [0, 0.1) is 5.92 Å². The van der Waals surface area contributed by atoms with E-state index in [1.165, 1.54) is 39.5 Å². The molecule has 0 fully saturated rings. The normalized spacial score (nSPS) is 19.8. The molecule has 0 saturated heterocycles. The van der Waals surface area contributed by atoms with E-state index < -0.39 is 0 Å². The summed E-state index contributed by atoms with van der Waals surface area (Å²) < 4.78 is 0. The first-order valence-electron chi connectivity index (χ1n) is 6.71. The van der Waals surface area contributed by atoms with Crippen molar-refractivity contribution in [3.05, 3.63) is 27.7 Å². The van der Waals surface area contributed by atoms with E-state index in [4.69, 9.17) is 5.32 Å². The Hall–Kier alpha value is 0.120. The van der Waals surface area contributed by atoms with Gasteiger partial charge in [-0.2, -0.15) is 5.70 Å². The van der Waals surface area contributed by atoms with Crippen molar-refractivity contribution in [3.8, 4) is 0 Å². The number of allylic oxidation sites excluding steroid dienone is 3. The monoisotopic (exact) mass is 314 g/mol. The molecule has 1 unspecified atom stereocenters. The molecule has 1 rings (SSSR count). The first-order valence-corrected chi connectivity index (χ1v) is 13.9. The zero-order chi connectivity index (χ0) is 14.7. The van der Waals surface area contributed by atoms with Gasteiger partial charge in [0.05, 0.1) is 0 Å². The van der Waals surface area contributed by atoms with Crippen LogP contribution in [0.15, 0.2) is 22.4 Å². The summed E-state index contributed by atoms with van der Waals surface area (Å²) in [4.78, 5) is 0. The van der Waals surface area contributed by atoms with Gasteiger partial charge in [-0.1, -0.05) is 44.4 Å². The molecule has 0 saturated carbocycles. The van der Waals surface area contributed by atoms with Gasteiger partial charge in [-0.25, -0.2) is 0 Å². The van der Waals surface area contributed by atoms with Crippen LogP contribution in [0.2, 0.25) is 13.1 Å². The fourth-order valence-electron chi connectivity index (χ4n) is 1.88. The Kier molecular flexibility index (Phi) is 7.10. The Morgan fingerprint density at radius 1 is 1.06 bits per heavy atom. The molecule has 0 aromatic rings. The van der Waals surface area contributed by atoms with Crippen LogP contribution in [0.3, 0.4) is 0 Å². The molecule has 0 aromatic carbocycles. The van der Waals surface area contributed by atoms with Crippen molar-refractivity contribution in [2.45, 2.75) is 67.1 Å². The molecular weight excluding hydrogens is 288 g/mol. The summed E-state index contributed by atoms with van der Waals surface area (Å²) in [5.41, 5.74) is 5.61. The average molecular weight is 316 g/mol. The van der Waals surface area contributed by atoms with Gasteiger partial charge in [0.1, 0.15) is 0 Å². The molecule has 0 aromatic heterocycles. The van der Waals surface area contributed by atoms with E-state index in [0.29, 0.717) is 5.92 Å². The molecule has 1 aliphatic rings. The topological polar surface area (TPSA) is 14.1 Å². The molecule has 0 aliphatic heterocycles. The van der Waals surface area contributed by atoms with Gasteiger partial charge < -0.3 is 5.32 Å². The van der Waals surface area contributed by atoms with Gasteiger partial charge >= 0.3 is 36.8 Å². The molecule has 0 amide bonds. The summed E-state index contributed by atoms with van der Waals surface area (Å²) in [7, 11) is 0. The van der Waals surface area contributed by atoms with E-state index in [2.05, 4.69) is 61.6 Å². The van der Waals surface area contributed by atoms with Crippen molar-refractivity contribution in [2.75, 3.05) is 0 Å². The van der Waals surface area contributed by atoms with Crippen LogP contribution < -0.4 is 0 Å². The maximum absolute atomic E-state index is 4.81. The maximum atomic E-state index is 4.81. The van der Waals surface area contributed by atoms with Crippen LogP contribution in [0.5, 0.6) is 0 Å². The molecule has 1 aliphatic carbocycles. The quantitative estimate of drug-likeness (QED) is 0.590. The van der Waals surface area contributed by atoms with E-state index in [0.717, 1.165) is 0 Å². The van der Waals surface area contributed by atoms with Crippen LogP contribution in [-0.4, -0.2) is 12.1 Å². The molecule has 3 heteroatoms. The van der Waals surface area contributed by atoms with Gasteiger partial charge in [0, 0.05) is 0 Å². The molecule has 100 valence electrons. The van der Waals surface area contributed by atoms with Crippen LogP contribution >= 0.6 is 0 Å². The summed E-state index contributed by atoms with van der Waals surface area (Å²) in [6.45, 7) is 20.2. The van der Waals surface area contributed by atoms with Crippen molar-refractivity contribution >= 4 is 6.55 Å². The van der Waals surface area contributed by atoms with Gasteiger partial charge in [-0.3, -0.25) is 0 Å². The van der Waals surface area contributed by atoms with E-state index in [1.54, 1.807) is 0 Å². The average Bonchev–Trinajstić information content (AvgIpc) is 2.33. The Morgan fingerprint density at radius 2 is 1.44 bits per heavy atom. The van der Waals surface area contributed by atoms with E-state index >= 15 is 0 Å².